The summed E-state index contributed by atoms with van der Waals surface area (Å²) in [6, 6.07) is 0. The SMILES string of the molecule is CC(=O)C1=C2CC[C@@H](C)[C@@H]2CC(C)(C)C1. The van der Waals surface area contributed by atoms with Crippen LogP contribution in [0.4, 0.5) is 0 Å². The first-order valence-corrected chi connectivity index (χ1v) is 6.13. The summed E-state index contributed by atoms with van der Waals surface area (Å²) >= 11 is 0. The quantitative estimate of drug-likeness (QED) is 0.638. The average molecular weight is 206 g/mol. The number of Topliss-reactive ketones (excluding diaryl/α,β-unsaturated/α-hetero) is 1. The molecule has 2 rings (SSSR count). The van der Waals surface area contributed by atoms with Crippen LogP contribution in [0.3, 0.4) is 0 Å². The van der Waals surface area contributed by atoms with Crippen molar-refractivity contribution in [2.45, 2.75) is 53.4 Å². The number of carbonyl (C=O) groups is 1. The third-order valence-electron chi connectivity index (χ3n) is 4.24. The van der Waals surface area contributed by atoms with Gasteiger partial charge in [0, 0.05) is 0 Å². The van der Waals surface area contributed by atoms with Crippen LogP contribution in [0.25, 0.3) is 0 Å². The number of carbonyl (C=O) groups excluding carboxylic acids is 1. The van der Waals surface area contributed by atoms with Gasteiger partial charge in [-0.25, -0.2) is 0 Å². The van der Waals surface area contributed by atoms with E-state index in [1.165, 1.54) is 30.4 Å². The first-order valence-electron chi connectivity index (χ1n) is 6.13. The molecule has 0 unspecified atom stereocenters. The van der Waals surface area contributed by atoms with E-state index < -0.39 is 0 Å². The fourth-order valence-electron chi connectivity index (χ4n) is 3.42. The van der Waals surface area contributed by atoms with Crippen LogP contribution < -0.4 is 0 Å². The summed E-state index contributed by atoms with van der Waals surface area (Å²) in [6.07, 6.45) is 4.74. The Labute approximate surface area is 92.9 Å². The molecule has 0 aromatic carbocycles. The van der Waals surface area contributed by atoms with E-state index in [0.717, 1.165) is 12.3 Å². The number of allylic oxidation sites excluding steroid dienone is 2. The van der Waals surface area contributed by atoms with E-state index in [9.17, 15) is 4.79 Å². The second-order valence-corrected chi connectivity index (χ2v) is 6.23. The predicted molar refractivity (Wildman–Crippen MR) is 62.6 cm³/mol. The maximum Gasteiger partial charge on any atom is 0.155 e. The summed E-state index contributed by atoms with van der Waals surface area (Å²) in [5.41, 5.74) is 3.00. The van der Waals surface area contributed by atoms with Crippen LogP contribution in [-0.2, 0) is 4.79 Å². The van der Waals surface area contributed by atoms with Crippen LogP contribution in [0, 0.1) is 17.3 Å². The minimum atomic E-state index is 0.317. The Morgan fingerprint density at radius 3 is 2.67 bits per heavy atom. The lowest BCUT2D eigenvalue weighted by Gasteiger charge is -2.37. The van der Waals surface area contributed by atoms with E-state index in [4.69, 9.17) is 0 Å². The molecule has 0 amide bonds. The molecule has 0 bridgehead atoms. The molecule has 0 aliphatic heterocycles. The highest BCUT2D eigenvalue weighted by Gasteiger charge is 2.40. The van der Waals surface area contributed by atoms with Crippen LogP contribution in [-0.4, -0.2) is 5.78 Å². The van der Waals surface area contributed by atoms with Gasteiger partial charge in [0.15, 0.2) is 5.78 Å². The van der Waals surface area contributed by atoms with Crippen molar-refractivity contribution >= 4 is 5.78 Å². The monoisotopic (exact) mass is 206 g/mol. The van der Waals surface area contributed by atoms with Gasteiger partial charge in [-0.15, -0.1) is 0 Å². The molecule has 0 spiro atoms. The fraction of sp³-hybridized carbons (Fsp3) is 0.786. The first kappa shape index (κ1) is 10.9. The van der Waals surface area contributed by atoms with Gasteiger partial charge in [-0.1, -0.05) is 26.3 Å². The van der Waals surface area contributed by atoms with E-state index in [2.05, 4.69) is 20.8 Å². The molecule has 0 aromatic rings. The second-order valence-electron chi connectivity index (χ2n) is 6.23. The summed E-state index contributed by atoms with van der Waals surface area (Å²) in [5.74, 6) is 1.80. The largest absolute Gasteiger partial charge is 0.295 e. The molecule has 15 heavy (non-hydrogen) atoms. The van der Waals surface area contributed by atoms with E-state index in [1.54, 1.807) is 6.92 Å². The highest BCUT2D eigenvalue weighted by molar-refractivity contribution is 5.94. The molecule has 0 heterocycles. The zero-order chi connectivity index (χ0) is 11.2. The molecule has 84 valence electrons. The average Bonchev–Trinajstić information content (AvgIpc) is 2.45. The summed E-state index contributed by atoms with van der Waals surface area (Å²) in [6.45, 7) is 8.69. The van der Waals surface area contributed by atoms with E-state index in [1.807, 2.05) is 0 Å². The minimum absolute atomic E-state index is 0.317. The number of ketones is 1. The highest BCUT2D eigenvalue weighted by atomic mass is 16.1. The molecule has 2 aliphatic carbocycles. The molecule has 0 radical (unpaired) electrons. The van der Waals surface area contributed by atoms with Crippen molar-refractivity contribution in [1.29, 1.82) is 0 Å². The summed E-state index contributed by atoms with van der Waals surface area (Å²) in [5, 5.41) is 0. The zero-order valence-corrected chi connectivity index (χ0v) is 10.4. The van der Waals surface area contributed by atoms with Gasteiger partial charge in [-0.2, -0.15) is 0 Å². The van der Waals surface area contributed by atoms with Gasteiger partial charge in [0.05, 0.1) is 0 Å². The van der Waals surface area contributed by atoms with Gasteiger partial charge in [0.25, 0.3) is 0 Å². The third kappa shape index (κ3) is 1.89. The molecular formula is C14H22O. The van der Waals surface area contributed by atoms with Crippen molar-refractivity contribution in [3.8, 4) is 0 Å². The maximum absolute atomic E-state index is 11.7. The van der Waals surface area contributed by atoms with Crippen LogP contribution >= 0.6 is 0 Å². The van der Waals surface area contributed by atoms with Crippen molar-refractivity contribution in [3.05, 3.63) is 11.1 Å². The normalized spacial score (nSPS) is 34.1. The van der Waals surface area contributed by atoms with Crippen molar-refractivity contribution in [3.63, 3.8) is 0 Å². The van der Waals surface area contributed by atoms with Gasteiger partial charge in [-0.3, -0.25) is 4.79 Å². The molecule has 1 saturated carbocycles. The minimum Gasteiger partial charge on any atom is -0.295 e. The molecule has 1 fully saturated rings. The van der Waals surface area contributed by atoms with Gasteiger partial charge in [0.2, 0.25) is 0 Å². The molecular weight excluding hydrogens is 184 g/mol. The molecule has 0 saturated heterocycles. The summed E-state index contributed by atoms with van der Waals surface area (Å²) in [7, 11) is 0. The van der Waals surface area contributed by atoms with E-state index >= 15 is 0 Å². The number of rotatable bonds is 1. The van der Waals surface area contributed by atoms with E-state index in [0.29, 0.717) is 17.1 Å². The molecule has 0 aromatic heterocycles. The second kappa shape index (κ2) is 3.47. The highest BCUT2D eigenvalue weighted by Crippen LogP contribution is 2.51. The smallest absolute Gasteiger partial charge is 0.155 e. The summed E-state index contributed by atoms with van der Waals surface area (Å²) in [4.78, 5) is 11.7. The zero-order valence-electron chi connectivity index (χ0n) is 10.4. The predicted octanol–water partition coefficient (Wildman–Crippen LogP) is 3.74. The van der Waals surface area contributed by atoms with Crippen molar-refractivity contribution in [2.75, 3.05) is 0 Å². The standard InChI is InChI=1S/C14H22O/c1-9-5-6-11-12(9)7-14(3,4)8-13(11)10(2)15/h9,12H,5-8H2,1-4H3/t9-,12+/m1/s1. The topological polar surface area (TPSA) is 17.1 Å². The molecule has 1 heteroatoms. The Hall–Kier alpha value is -0.590. The van der Waals surface area contributed by atoms with Crippen molar-refractivity contribution < 1.29 is 4.79 Å². The van der Waals surface area contributed by atoms with Crippen LogP contribution in [0.2, 0.25) is 0 Å². The maximum atomic E-state index is 11.7. The lowest BCUT2D eigenvalue weighted by atomic mass is 9.68. The molecule has 2 atom stereocenters. The van der Waals surface area contributed by atoms with Crippen LogP contribution in [0.5, 0.6) is 0 Å². The van der Waals surface area contributed by atoms with Gasteiger partial charge in [0.1, 0.15) is 0 Å². The lowest BCUT2D eigenvalue weighted by molar-refractivity contribution is -0.114. The number of hydrogen-bond donors (Lipinski definition) is 0. The third-order valence-corrected chi connectivity index (χ3v) is 4.24. The Balaban J connectivity index is 2.40. The van der Waals surface area contributed by atoms with Gasteiger partial charge in [-0.05, 0) is 55.4 Å². The lowest BCUT2D eigenvalue weighted by Crippen LogP contribution is -2.27. The van der Waals surface area contributed by atoms with Crippen LogP contribution in [0.15, 0.2) is 11.1 Å². The van der Waals surface area contributed by atoms with Gasteiger partial charge < -0.3 is 0 Å². The summed E-state index contributed by atoms with van der Waals surface area (Å²) < 4.78 is 0. The van der Waals surface area contributed by atoms with Crippen molar-refractivity contribution in [2.24, 2.45) is 17.3 Å². The number of fused-ring (bicyclic) bond motifs is 1. The molecule has 2 aliphatic rings. The Morgan fingerprint density at radius 2 is 2.07 bits per heavy atom. The molecule has 0 N–H and O–H groups in total. The Morgan fingerprint density at radius 1 is 1.40 bits per heavy atom. The first-order chi connectivity index (χ1) is 6.91. The number of hydrogen-bond acceptors (Lipinski definition) is 1. The fourth-order valence-corrected chi connectivity index (χ4v) is 3.42. The van der Waals surface area contributed by atoms with Crippen LogP contribution in [0.1, 0.15) is 53.4 Å². The molecule has 1 nitrogen and oxygen atoms in total. The van der Waals surface area contributed by atoms with E-state index in [-0.39, 0.29) is 0 Å². The Bertz CT molecular complexity index is 322. The Kier molecular flexibility index (Phi) is 2.52. The van der Waals surface area contributed by atoms with Gasteiger partial charge >= 0.3 is 0 Å². The van der Waals surface area contributed by atoms with Crippen molar-refractivity contribution in [1.82, 2.24) is 0 Å².